The molecule has 2 rings (SSSR count). The first-order valence-electron chi connectivity index (χ1n) is 12.9. The fourth-order valence-electron chi connectivity index (χ4n) is 4.51. The lowest BCUT2D eigenvalue weighted by Crippen LogP contribution is -2.33. The van der Waals surface area contributed by atoms with Crippen molar-refractivity contribution in [1.29, 1.82) is 0 Å². The molecule has 1 aliphatic rings. The predicted molar refractivity (Wildman–Crippen MR) is 150 cm³/mol. The van der Waals surface area contributed by atoms with E-state index in [1.807, 2.05) is 6.08 Å². The number of rotatable bonds is 8. The molecule has 2 unspecified atom stereocenters. The van der Waals surface area contributed by atoms with Gasteiger partial charge in [0.1, 0.15) is 0 Å². The van der Waals surface area contributed by atoms with Crippen LogP contribution >= 0.6 is 0 Å². The molecule has 1 aliphatic heterocycles. The molecule has 1 saturated heterocycles. The first-order valence-corrected chi connectivity index (χ1v) is 12.9. The minimum atomic E-state index is 0.426. The maximum Gasteiger partial charge on any atom is 0.0115 e. The van der Waals surface area contributed by atoms with E-state index in [0.717, 1.165) is 12.8 Å². The van der Waals surface area contributed by atoms with Gasteiger partial charge in [0.25, 0.3) is 0 Å². The molecule has 1 fully saturated rings. The summed E-state index contributed by atoms with van der Waals surface area (Å²) in [4.78, 5) is 2.46. The van der Waals surface area contributed by atoms with Crippen LogP contribution in [0.3, 0.4) is 0 Å². The first kappa shape index (κ1) is 29.2. The van der Waals surface area contributed by atoms with Crippen molar-refractivity contribution < 1.29 is 0 Å². The number of hydrogen-bond donors (Lipinski definition) is 0. The molecule has 2 atom stereocenters. The highest BCUT2D eigenvalue weighted by Crippen LogP contribution is 2.42. The van der Waals surface area contributed by atoms with Crippen LogP contribution in [0.5, 0.6) is 0 Å². The van der Waals surface area contributed by atoms with Gasteiger partial charge in [-0.25, -0.2) is 0 Å². The first-order chi connectivity index (χ1) is 15.5. The van der Waals surface area contributed by atoms with Crippen molar-refractivity contribution in [2.24, 2.45) is 17.3 Å². The lowest BCUT2D eigenvalue weighted by molar-refractivity contribution is 0.206. The van der Waals surface area contributed by atoms with Crippen molar-refractivity contribution in [2.45, 2.75) is 80.1 Å². The Balaban J connectivity index is 0.000000675. The smallest absolute Gasteiger partial charge is 0.0115 e. The molecule has 1 aromatic carbocycles. The number of allylic oxidation sites excluding steroid dienone is 6. The number of likely N-dealkylation sites (tertiary alicyclic amines) is 1. The fourth-order valence-corrected chi connectivity index (χ4v) is 4.51. The molecule has 0 amide bonds. The molecular formula is C32H51N. The van der Waals surface area contributed by atoms with Crippen LogP contribution in [0, 0.1) is 24.2 Å². The topological polar surface area (TPSA) is 3.24 Å². The fraction of sp³-hybridized carbons (Fsp3) is 0.562. The molecule has 33 heavy (non-hydrogen) atoms. The van der Waals surface area contributed by atoms with Crippen molar-refractivity contribution >= 4 is 0 Å². The van der Waals surface area contributed by atoms with Gasteiger partial charge >= 0.3 is 0 Å². The number of nitrogens with zero attached hydrogens (tertiary/aromatic N) is 1. The summed E-state index contributed by atoms with van der Waals surface area (Å²) in [5, 5.41) is 0. The molecular weight excluding hydrogens is 398 g/mol. The van der Waals surface area contributed by atoms with E-state index in [1.165, 1.54) is 48.2 Å². The van der Waals surface area contributed by atoms with Gasteiger partial charge in [-0.3, -0.25) is 0 Å². The average molecular weight is 450 g/mol. The van der Waals surface area contributed by atoms with Crippen molar-refractivity contribution in [3.63, 3.8) is 0 Å². The summed E-state index contributed by atoms with van der Waals surface area (Å²) in [6, 6.07) is 9.16. The Hall–Kier alpha value is -1.86. The van der Waals surface area contributed by atoms with Crippen molar-refractivity contribution in [3.05, 3.63) is 84.0 Å². The minimum absolute atomic E-state index is 0.426. The van der Waals surface area contributed by atoms with Gasteiger partial charge in [0, 0.05) is 5.92 Å². The molecule has 1 nitrogen and oxygen atoms in total. The van der Waals surface area contributed by atoms with Crippen LogP contribution in [-0.2, 0) is 0 Å². The van der Waals surface area contributed by atoms with Gasteiger partial charge in [-0.2, -0.15) is 0 Å². The van der Waals surface area contributed by atoms with E-state index in [1.54, 1.807) is 0 Å². The summed E-state index contributed by atoms with van der Waals surface area (Å²) in [6.45, 7) is 26.2. The third-order valence-electron chi connectivity index (χ3n) is 6.79. The minimum Gasteiger partial charge on any atom is -0.306 e. The molecule has 0 bridgehead atoms. The molecule has 0 N–H and O–H groups in total. The summed E-state index contributed by atoms with van der Waals surface area (Å²) in [7, 11) is 2.24. The lowest BCUT2D eigenvalue weighted by atomic mass is 9.72. The highest BCUT2D eigenvalue weighted by atomic mass is 15.1. The van der Waals surface area contributed by atoms with Crippen molar-refractivity contribution in [3.8, 4) is 0 Å². The van der Waals surface area contributed by atoms with Crippen LogP contribution in [-0.4, -0.2) is 25.0 Å². The second kappa shape index (κ2) is 14.4. The number of benzene rings is 1. The van der Waals surface area contributed by atoms with Gasteiger partial charge in [0.2, 0.25) is 0 Å². The molecule has 1 heterocycles. The molecule has 0 aliphatic carbocycles. The second-order valence-electron chi connectivity index (χ2n) is 11.1. The SMILES string of the molecule is C=C(/C(=C\C=C/C)C(C)CC)C(c1ccc(C)cc1)C1CCN(C)CC1.C=CCC(C)(C)C. The Morgan fingerprint density at radius 3 is 2.15 bits per heavy atom. The average Bonchev–Trinajstić information content (AvgIpc) is 2.76. The van der Waals surface area contributed by atoms with Gasteiger partial charge in [-0.1, -0.05) is 95.3 Å². The Labute approximate surface area is 206 Å². The third-order valence-corrected chi connectivity index (χ3v) is 6.79. The molecule has 0 spiro atoms. The van der Waals surface area contributed by atoms with E-state index in [2.05, 4.69) is 116 Å². The summed E-state index contributed by atoms with van der Waals surface area (Å²) in [5.74, 6) is 1.65. The van der Waals surface area contributed by atoms with Gasteiger partial charge in [-0.05, 0) is 93.6 Å². The zero-order chi connectivity index (χ0) is 25.0. The largest absolute Gasteiger partial charge is 0.306 e. The van der Waals surface area contributed by atoms with E-state index in [9.17, 15) is 0 Å². The lowest BCUT2D eigenvalue weighted by Gasteiger charge is -2.37. The zero-order valence-corrected chi connectivity index (χ0v) is 23.0. The van der Waals surface area contributed by atoms with E-state index in [-0.39, 0.29) is 0 Å². The predicted octanol–water partition coefficient (Wildman–Crippen LogP) is 9.13. The summed E-state index contributed by atoms with van der Waals surface area (Å²) in [6.07, 6.45) is 13.3. The molecule has 0 aromatic heterocycles. The number of piperidine rings is 1. The van der Waals surface area contributed by atoms with Crippen LogP contribution in [0.1, 0.15) is 84.3 Å². The van der Waals surface area contributed by atoms with E-state index < -0.39 is 0 Å². The zero-order valence-electron chi connectivity index (χ0n) is 23.0. The van der Waals surface area contributed by atoms with Gasteiger partial charge < -0.3 is 4.90 Å². The van der Waals surface area contributed by atoms with Crippen LogP contribution in [0.2, 0.25) is 0 Å². The van der Waals surface area contributed by atoms with E-state index in [0.29, 0.717) is 23.2 Å². The van der Waals surface area contributed by atoms with Gasteiger partial charge in [-0.15, -0.1) is 6.58 Å². The maximum absolute atomic E-state index is 4.65. The third kappa shape index (κ3) is 10.3. The van der Waals surface area contributed by atoms with Crippen molar-refractivity contribution in [1.82, 2.24) is 4.90 Å². The molecule has 0 saturated carbocycles. The summed E-state index contributed by atoms with van der Waals surface area (Å²) in [5.41, 5.74) is 5.95. The molecule has 1 heteroatoms. The highest BCUT2D eigenvalue weighted by Gasteiger charge is 2.30. The summed E-state index contributed by atoms with van der Waals surface area (Å²) >= 11 is 0. The molecule has 0 radical (unpaired) electrons. The van der Waals surface area contributed by atoms with E-state index >= 15 is 0 Å². The Bertz CT molecular complexity index is 764. The highest BCUT2D eigenvalue weighted by molar-refractivity contribution is 5.43. The number of hydrogen-bond acceptors (Lipinski definition) is 1. The van der Waals surface area contributed by atoms with Crippen LogP contribution in [0.4, 0.5) is 0 Å². The Morgan fingerprint density at radius 1 is 1.15 bits per heavy atom. The monoisotopic (exact) mass is 449 g/mol. The Morgan fingerprint density at radius 2 is 1.73 bits per heavy atom. The normalized spacial score (nSPS) is 17.9. The quantitative estimate of drug-likeness (QED) is 0.282. The standard InChI is InChI=1S/C25H37N.C7H14/c1-7-9-10-24(20(4)8-2)21(5)25(22-13-11-19(3)12-14-22)23-15-17-26(6)18-16-23;1-5-6-7(2,3)4/h7,9-14,20,23,25H,5,8,15-18H2,1-4,6H3;5H,1,6H2,2-4H3/b9-7-,24-10-;. The van der Waals surface area contributed by atoms with Crippen molar-refractivity contribution in [2.75, 3.05) is 20.1 Å². The van der Waals surface area contributed by atoms with Crippen LogP contribution in [0.25, 0.3) is 0 Å². The van der Waals surface area contributed by atoms with Crippen LogP contribution < -0.4 is 0 Å². The van der Waals surface area contributed by atoms with Gasteiger partial charge in [0.05, 0.1) is 0 Å². The Kier molecular flexibility index (Phi) is 12.7. The van der Waals surface area contributed by atoms with Gasteiger partial charge in [0.15, 0.2) is 0 Å². The molecule has 184 valence electrons. The second-order valence-corrected chi connectivity index (χ2v) is 11.1. The van der Waals surface area contributed by atoms with E-state index in [4.69, 9.17) is 0 Å². The maximum atomic E-state index is 4.65. The summed E-state index contributed by atoms with van der Waals surface area (Å²) < 4.78 is 0. The molecule has 1 aromatic rings. The van der Waals surface area contributed by atoms with Crippen LogP contribution in [0.15, 0.2) is 72.9 Å². The number of aryl methyl sites for hydroxylation is 1.